The molecule has 39 heavy (non-hydrogen) atoms. The first-order valence-corrected chi connectivity index (χ1v) is 12.2. The number of nitrogens with zero attached hydrogens (tertiary/aromatic N) is 4. The molecule has 0 radical (unpaired) electrons. The van der Waals surface area contributed by atoms with Crippen molar-refractivity contribution in [1.82, 2.24) is 24.5 Å². The Morgan fingerprint density at radius 1 is 1.00 bits per heavy atom. The van der Waals surface area contributed by atoms with Gasteiger partial charge in [-0.1, -0.05) is 15.9 Å². The van der Waals surface area contributed by atoms with E-state index in [1.165, 1.54) is 42.9 Å². The maximum Gasteiger partial charge on any atom is 0.269 e. The summed E-state index contributed by atoms with van der Waals surface area (Å²) in [7, 11) is 0. The molecule has 0 aliphatic carbocycles. The van der Waals surface area contributed by atoms with Crippen molar-refractivity contribution >= 4 is 49.6 Å². The molecule has 12 heteroatoms. The molecule has 6 rings (SSSR count). The smallest absolute Gasteiger partial charge is 0.269 e. The summed E-state index contributed by atoms with van der Waals surface area (Å²) in [4.78, 5) is 41.9. The van der Waals surface area contributed by atoms with Crippen LogP contribution in [0.3, 0.4) is 0 Å². The second-order valence-corrected chi connectivity index (χ2v) is 9.25. The number of fused-ring (bicyclic) bond motifs is 2. The van der Waals surface area contributed by atoms with Crippen LogP contribution in [-0.2, 0) is 0 Å². The minimum atomic E-state index is -0.810. The Labute approximate surface area is 226 Å². The molecule has 0 atom stereocenters. The van der Waals surface area contributed by atoms with Crippen molar-refractivity contribution in [3.05, 3.63) is 111 Å². The van der Waals surface area contributed by atoms with Crippen LogP contribution in [0.1, 0.15) is 10.4 Å². The Balaban J connectivity index is 1.34. The monoisotopic (exact) mass is 588 g/mol. The number of H-pyrrole nitrogens is 1. The van der Waals surface area contributed by atoms with E-state index in [0.717, 1.165) is 10.6 Å². The molecule has 0 bridgehead atoms. The summed E-state index contributed by atoms with van der Waals surface area (Å²) in [6.45, 7) is 0. The standard InChI is InChI=1S/C27H15BrF2N6O3/c28-15-3-5-21(19(29)11-15)36-24-14(2-1-8-32-24)10-18(27(36)38)25(37)35-16-4-6-22(20(30)12-16)39-26-17-7-9-31-23(17)33-13-34-26/h1-13H,(H,35,37)(H,31,33,34). The molecule has 0 aliphatic rings. The Kier molecular flexibility index (Phi) is 6.08. The maximum absolute atomic E-state index is 14.9. The van der Waals surface area contributed by atoms with E-state index in [1.807, 2.05) is 0 Å². The highest BCUT2D eigenvalue weighted by atomic mass is 79.9. The molecule has 2 N–H and O–H groups in total. The zero-order chi connectivity index (χ0) is 27.1. The van der Waals surface area contributed by atoms with Gasteiger partial charge in [-0.15, -0.1) is 0 Å². The Morgan fingerprint density at radius 2 is 1.87 bits per heavy atom. The third-order valence-corrected chi connectivity index (χ3v) is 6.36. The Bertz CT molecular complexity index is 1970. The first kappa shape index (κ1) is 24.4. The lowest BCUT2D eigenvalue weighted by Gasteiger charge is -2.13. The van der Waals surface area contributed by atoms with Gasteiger partial charge in [0.1, 0.15) is 29.0 Å². The summed E-state index contributed by atoms with van der Waals surface area (Å²) in [5, 5.41) is 3.52. The van der Waals surface area contributed by atoms with E-state index in [9.17, 15) is 18.4 Å². The summed E-state index contributed by atoms with van der Waals surface area (Å²) in [6, 6.07) is 14.3. The molecule has 0 spiro atoms. The molecule has 6 aromatic rings. The van der Waals surface area contributed by atoms with E-state index in [2.05, 4.69) is 41.2 Å². The van der Waals surface area contributed by atoms with Crippen LogP contribution in [0.4, 0.5) is 14.5 Å². The third kappa shape index (κ3) is 4.50. The fourth-order valence-corrected chi connectivity index (χ4v) is 4.42. The average molecular weight is 589 g/mol. The largest absolute Gasteiger partial charge is 0.435 e. The SMILES string of the molecule is O=C(Nc1ccc(Oc2ncnc3[nH]ccc23)c(F)c1)c1cc2cccnc2n(-c2ccc(Br)cc2F)c1=O. The number of pyridine rings is 2. The number of nitrogens with one attached hydrogen (secondary N) is 2. The van der Waals surface area contributed by atoms with E-state index in [4.69, 9.17) is 4.74 Å². The van der Waals surface area contributed by atoms with Gasteiger partial charge in [-0.05, 0) is 54.6 Å². The molecule has 4 aromatic heterocycles. The highest BCUT2D eigenvalue weighted by Gasteiger charge is 2.20. The molecule has 0 fully saturated rings. The zero-order valence-corrected chi connectivity index (χ0v) is 21.2. The van der Waals surface area contributed by atoms with Crippen LogP contribution in [0.2, 0.25) is 0 Å². The molecule has 0 unspecified atom stereocenters. The van der Waals surface area contributed by atoms with E-state index in [-0.39, 0.29) is 34.2 Å². The minimum absolute atomic E-state index is 0.0738. The van der Waals surface area contributed by atoms with Crippen LogP contribution in [0.15, 0.2) is 88.7 Å². The second kappa shape index (κ2) is 9.72. The molecule has 0 aliphatic heterocycles. The van der Waals surface area contributed by atoms with Gasteiger partial charge in [0, 0.05) is 34.0 Å². The van der Waals surface area contributed by atoms with Crippen molar-refractivity contribution < 1.29 is 18.3 Å². The first-order valence-electron chi connectivity index (χ1n) is 11.4. The van der Waals surface area contributed by atoms with E-state index in [1.54, 1.807) is 30.5 Å². The maximum atomic E-state index is 14.9. The summed E-state index contributed by atoms with van der Waals surface area (Å²) < 4.78 is 36.9. The molecular formula is C27H15BrF2N6O3. The number of hydrogen-bond donors (Lipinski definition) is 2. The van der Waals surface area contributed by atoms with Gasteiger partial charge in [0.25, 0.3) is 11.5 Å². The van der Waals surface area contributed by atoms with Gasteiger partial charge in [-0.2, -0.15) is 0 Å². The molecule has 4 heterocycles. The molecule has 9 nitrogen and oxygen atoms in total. The number of halogens is 3. The topological polar surface area (TPSA) is 115 Å². The van der Waals surface area contributed by atoms with Gasteiger partial charge in [-0.3, -0.25) is 14.2 Å². The van der Waals surface area contributed by atoms with Crippen molar-refractivity contribution in [3.63, 3.8) is 0 Å². The second-order valence-electron chi connectivity index (χ2n) is 8.33. The van der Waals surface area contributed by atoms with E-state index < -0.39 is 23.1 Å². The lowest BCUT2D eigenvalue weighted by atomic mass is 10.1. The summed E-state index contributed by atoms with van der Waals surface area (Å²) in [5.41, 5.74) is -0.367. The Hall–Kier alpha value is -4.97. The van der Waals surface area contributed by atoms with E-state index in [0.29, 0.717) is 20.9 Å². The molecular weight excluding hydrogens is 574 g/mol. The Morgan fingerprint density at radius 3 is 2.69 bits per heavy atom. The van der Waals surface area contributed by atoms with Crippen LogP contribution in [0.5, 0.6) is 11.6 Å². The number of carbonyl (C=O) groups is 1. The normalized spacial score (nSPS) is 11.2. The van der Waals surface area contributed by atoms with Crippen LogP contribution in [0.25, 0.3) is 27.8 Å². The number of hydrogen-bond acceptors (Lipinski definition) is 6. The van der Waals surface area contributed by atoms with Gasteiger partial charge in [0.2, 0.25) is 5.88 Å². The van der Waals surface area contributed by atoms with Crippen molar-refractivity contribution in [1.29, 1.82) is 0 Å². The number of carbonyl (C=O) groups excluding carboxylic acids is 1. The summed E-state index contributed by atoms with van der Waals surface area (Å²) in [5.74, 6) is -2.24. The van der Waals surface area contributed by atoms with Gasteiger partial charge in [-0.25, -0.2) is 23.7 Å². The van der Waals surface area contributed by atoms with Crippen LogP contribution < -0.4 is 15.6 Å². The number of rotatable bonds is 5. The van der Waals surface area contributed by atoms with Crippen molar-refractivity contribution in [3.8, 4) is 17.3 Å². The predicted octanol–water partition coefficient (Wildman–Crippen LogP) is 5.74. The number of amides is 1. The summed E-state index contributed by atoms with van der Waals surface area (Å²) in [6.07, 6.45) is 4.40. The van der Waals surface area contributed by atoms with Crippen molar-refractivity contribution in [2.45, 2.75) is 0 Å². The average Bonchev–Trinajstić information content (AvgIpc) is 3.40. The fourth-order valence-electron chi connectivity index (χ4n) is 4.09. The number of anilines is 1. The summed E-state index contributed by atoms with van der Waals surface area (Å²) >= 11 is 3.20. The highest BCUT2D eigenvalue weighted by molar-refractivity contribution is 9.10. The first-order chi connectivity index (χ1) is 18.9. The zero-order valence-electron chi connectivity index (χ0n) is 19.7. The van der Waals surface area contributed by atoms with E-state index >= 15 is 0 Å². The molecule has 1 amide bonds. The van der Waals surface area contributed by atoms with Crippen LogP contribution in [0, 0.1) is 11.6 Å². The van der Waals surface area contributed by atoms with Crippen molar-refractivity contribution in [2.75, 3.05) is 5.32 Å². The number of ether oxygens (including phenoxy) is 1. The lowest BCUT2D eigenvalue weighted by Crippen LogP contribution is -2.29. The molecule has 2 aromatic carbocycles. The number of benzene rings is 2. The molecule has 0 saturated carbocycles. The molecule has 192 valence electrons. The van der Waals surface area contributed by atoms with Gasteiger partial charge < -0.3 is 15.0 Å². The van der Waals surface area contributed by atoms with Gasteiger partial charge >= 0.3 is 0 Å². The lowest BCUT2D eigenvalue weighted by molar-refractivity contribution is 0.102. The fraction of sp³-hybridized carbons (Fsp3) is 0. The minimum Gasteiger partial charge on any atom is -0.435 e. The van der Waals surface area contributed by atoms with Crippen LogP contribution in [-0.4, -0.2) is 30.4 Å². The van der Waals surface area contributed by atoms with Gasteiger partial charge in [0.05, 0.1) is 11.1 Å². The predicted molar refractivity (Wildman–Crippen MR) is 143 cm³/mol. The van der Waals surface area contributed by atoms with Gasteiger partial charge in [0.15, 0.2) is 11.6 Å². The third-order valence-electron chi connectivity index (χ3n) is 5.87. The quantitative estimate of drug-likeness (QED) is 0.265. The van der Waals surface area contributed by atoms with Crippen LogP contribution >= 0.6 is 15.9 Å². The highest BCUT2D eigenvalue weighted by Crippen LogP contribution is 2.29. The number of aromatic amines is 1. The molecule has 0 saturated heterocycles. The van der Waals surface area contributed by atoms with Crippen molar-refractivity contribution in [2.24, 2.45) is 0 Å². The number of aromatic nitrogens is 5.